The highest BCUT2D eigenvalue weighted by Crippen LogP contribution is 2.26. The first-order valence-corrected chi connectivity index (χ1v) is 11.0. The minimum atomic E-state index is 0.180. The zero-order chi connectivity index (χ0) is 20.1. The summed E-state index contributed by atoms with van der Waals surface area (Å²) in [5.41, 5.74) is 2.08. The molecule has 3 heterocycles. The molecule has 1 aliphatic heterocycles. The van der Waals surface area contributed by atoms with Crippen LogP contribution < -0.4 is 0 Å². The van der Waals surface area contributed by atoms with E-state index < -0.39 is 0 Å². The maximum atomic E-state index is 12.8. The summed E-state index contributed by atoms with van der Waals surface area (Å²) in [7, 11) is 0. The molecule has 29 heavy (non-hydrogen) atoms. The van der Waals surface area contributed by atoms with Crippen LogP contribution in [-0.4, -0.2) is 48.9 Å². The maximum Gasteiger partial charge on any atom is 0.233 e. The van der Waals surface area contributed by atoms with Crippen molar-refractivity contribution in [1.82, 2.24) is 24.6 Å². The second-order valence-electron chi connectivity index (χ2n) is 7.34. The van der Waals surface area contributed by atoms with Gasteiger partial charge in [-0.3, -0.25) is 14.3 Å². The Morgan fingerprint density at radius 2 is 2.00 bits per heavy atom. The van der Waals surface area contributed by atoms with Crippen molar-refractivity contribution in [3.8, 4) is 11.4 Å². The Morgan fingerprint density at radius 1 is 1.14 bits per heavy atom. The molecule has 1 saturated heterocycles. The van der Waals surface area contributed by atoms with Crippen LogP contribution in [0.5, 0.6) is 0 Å². The Hall–Kier alpha value is -2.67. The first-order chi connectivity index (χ1) is 14.2. The van der Waals surface area contributed by atoms with E-state index in [0.29, 0.717) is 18.3 Å². The summed E-state index contributed by atoms with van der Waals surface area (Å²) in [6.45, 7) is 3.65. The number of likely N-dealkylation sites (tertiary alicyclic amines) is 1. The molecule has 3 aromatic rings. The molecule has 7 heteroatoms. The molecule has 1 amide bonds. The van der Waals surface area contributed by atoms with E-state index in [4.69, 9.17) is 0 Å². The average molecular weight is 408 g/mol. The Labute approximate surface area is 175 Å². The summed E-state index contributed by atoms with van der Waals surface area (Å²) in [6, 6.07) is 14.4. The van der Waals surface area contributed by atoms with Crippen LogP contribution in [0.15, 0.2) is 60.0 Å². The van der Waals surface area contributed by atoms with E-state index in [9.17, 15) is 4.79 Å². The molecule has 1 aliphatic rings. The fourth-order valence-electron chi connectivity index (χ4n) is 3.69. The van der Waals surface area contributed by atoms with Gasteiger partial charge in [0.1, 0.15) is 0 Å². The number of pyridine rings is 1. The van der Waals surface area contributed by atoms with Gasteiger partial charge in [-0.05, 0) is 43.9 Å². The molecule has 0 radical (unpaired) electrons. The number of amides is 1. The molecule has 0 N–H and O–H groups in total. The van der Waals surface area contributed by atoms with Gasteiger partial charge in [-0.15, -0.1) is 10.2 Å². The molecule has 0 unspecified atom stereocenters. The lowest BCUT2D eigenvalue weighted by Gasteiger charge is -2.33. The van der Waals surface area contributed by atoms with E-state index in [2.05, 4.69) is 38.8 Å². The fourth-order valence-corrected chi connectivity index (χ4v) is 4.51. The quantitative estimate of drug-likeness (QED) is 0.580. The number of hydrogen-bond donors (Lipinski definition) is 0. The third kappa shape index (κ3) is 4.67. The van der Waals surface area contributed by atoms with Crippen LogP contribution >= 0.6 is 11.8 Å². The lowest BCUT2D eigenvalue weighted by molar-refractivity contribution is -0.131. The van der Waals surface area contributed by atoms with Crippen molar-refractivity contribution in [3.05, 3.63) is 60.4 Å². The van der Waals surface area contributed by atoms with Gasteiger partial charge >= 0.3 is 0 Å². The normalized spacial score (nSPS) is 16.7. The van der Waals surface area contributed by atoms with E-state index in [1.807, 2.05) is 35.2 Å². The zero-order valence-corrected chi connectivity index (χ0v) is 17.4. The van der Waals surface area contributed by atoms with Gasteiger partial charge in [-0.25, -0.2) is 0 Å². The highest BCUT2D eigenvalue weighted by atomic mass is 32.2. The summed E-state index contributed by atoms with van der Waals surface area (Å²) < 4.78 is 2.07. The summed E-state index contributed by atoms with van der Waals surface area (Å²) >= 11 is 1.46. The van der Waals surface area contributed by atoms with Gasteiger partial charge < -0.3 is 4.90 Å². The van der Waals surface area contributed by atoms with Gasteiger partial charge in [0.25, 0.3) is 0 Å². The second-order valence-corrected chi connectivity index (χ2v) is 8.28. The van der Waals surface area contributed by atoms with Crippen LogP contribution in [0.1, 0.15) is 31.7 Å². The highest BCUT2D eigenvalue weighted by Gasteiger charge is 2.24. The zero-order valence-electron chi connectivity index (χ0n) is 16.6. The number of aromatic nitrogens is 4. The molecular formula is C22H25N5OS. The number of rotatable bonds is 6. The first-order valence-electron chi connectivity index (χ1n) is 10.0. The van der Waals surface area contributed by atoms with E-state index in [-0.39, 0.29) is 5.91 Å². The predicted octanol–water partition coefficient (Wildman–Crippen LogP) is 3.88. The number of carbonyl (C=O) groups is 1. The monoisotopic (exact) mass is 407 g/mol. The molecule has 2 aromatic heterocycles. The summed E-state index contributed by atoms with van der Waals surface area (Å²) in [6.07, 6.45) is 6.93. The molecule has 1 fully saturated rings. The van der Waals surface area contributed by atoms with Crippen molar-refractivity contribution >= 4 is 17.7 Å². The van der Waals surface area contributed by atoms with E-state index in [1.54, 1.807) is 12.4 Å². The molecule has 1 aromatic carbocycles. The topological polar surface area (TPSA) is 63.9 Å². The minimum absolute atomic E-state index is 0.180. The predicted molar refractivity (Wildman–Crippen MR) is 115 cm³/mol. The van der Waals surface area contributed by atoms with Crippen LogP contribution in [0, 0.1) is 0 Å². The largest absolute Gasteiger partial charge is 0.339 e. The molecule has 1 atom stereocenters. The van der Waals surface area contributed by atoms with Crippen molar-refractivity contribution in [1.29, 1.82) is 0 Å². The average Bonchev–Trinajstić information content (AvgIpc) is 3.16. The lowest BCUT2D eigenvalue weighted by atomic mass is 10.0. The third-order valence-corrected chi connectivity index (χ3v) is 6.22. The van der Waals surface area contributed by atoms with Gasteiger partial charge in [-0.2, -0.15) is 0 Å². The van der Waals surface area contributed by atoms with Gasteiger partial charge in [0.2, 0.25) is 5.91 Å². The number of hydrogen-bond acceptors (Lipinski definition) is 5. The van der Waals surface area contributed by atoms with Crippen molar-refractivity contribution in [2.75, 3.05) is 12.3 Å². The van der Waals surface area contributed by atoms with E-state index in [0.717, 1.165) is 41.5 Å². The fraction of sp³-hybridized carbons (Fsp3) is 0.364. The Bertz CT molecular complexity index is 944. The minimum Gasteiger partial charge on any atom is -0.339 e. The third-order valence-electron chi connectivity index (χ3n) is 5.27. The van der Waals surface area contributed by atoms with E-state index >= 15 is 0 Å². The number of benzene rings is 1. The van der Waals surface area contributed by atoms with Crippen molar-refractivity contribution < 1.29 is 4.79 Å². The number of carbonyl (C=O) groups excluding carboxylic acids is 1. The number of piperidine rings is 1. The molecule has 0 spiro atoms. The Balaban J connectivity index is 1.56. The molecule has 0 aliphatic carbocycles. The number of nitrogens with zero attached hydrogens (tertiary/aromatic N) is 5. The molecular weight excluding hydrogens is 382 g/mol. The molecule has 0 saturated carbocycles. The van der Waals surface area contributed by atoms with Crippen LogP contribution in [0.3, 0.4) is 0 Å². The SMILES string of the molecule is C[C@H]1CCCCN1C(=O)CSc1nnc(-c2cccnc2)n1Cc1ccccc1. The van der Waals surface area contributed by atoms with Gasteiger partial charge in [-0.1, -0.05) is 42.1 Å². The molecule has 4 rings (SSSR count). The van der Waals surface area contributed by atoms with Gasteiger partial charge in [0.15, 0.2) is 11.0 Å². The van der Waals surface area contributed by atoms with Crippen LogP contribution in [-0.2, 0) is 11.3 Å². The standard InChI is InChI=1S/C22H25N5OS/c1-17-8-5-6-13-26(17)20(28)16-29-22-25-24-21(19-11-7-12-23-14-19)27(22)15-18-9-3-2-4-10-18/h2-4,7,9-12,14,17H,5-6,8,13,15-16H2,1H3/t17-/m0/s1. The van der Waals surface area contributed by atoms with Crippen LogP contribution in [0.2, 0.25) is 0 Å². The summed E-state index contributed by atoms with van der Waals surface area (Å²) in [5, 5.41) is 9.57. The molecule has 6 nitrogen and oxygen atoms in total. The van der Waals surface area contributed by atoms with Gasteiger partial charge in [0, 0.05) is 30.5 Å². The Kier molecular flexibility index (Phi) is 6.24. The van der Waals surface area contributed by atoms with Gasteiger partial charge in [0.05, 0.1) is 12.3 Å². The maximum absolute atomic E-state index is 12.8. The van der Waals surface area contributed by atoms with Crippen LogP contribution in [0.4, 0.5) is 0 Å². The lowest BCUT2D eigenvalue weighted by Crippen LogP contribution is -2.43. The highest BCUT2D eigenvalue weighted by molar-refractivity contribution is 7.99. The Morgan fingerprint density at radius 3 is 2.76 bits per heavy atom. The van der Waals surface area contributed by atoms with Crippen molar-refractivity contribution in [2.24, 2.45) is 0 Å². The van der Waals surface area contributed by atoms with Crippen molar-refractivity contribution in [2.45, 2.75) is 43.9 Å². The smallest absolute Gasteiger partial charge is 0.233 e. The molecule has 150 valence electrons. The number of thioether (sulfide) groups is 1. The van der Waals surface area contributed by atoms with Crippen LogP contribution in [0.25, 0.3) is 11.4 Å². The first kappa shape index (κ1) is 19.6. The second kappa shape index (κ2) is 9.22. The van der Waals surface area contributed by atoms with Crippen molar-refractivity contribution in [3.63, 3.8) is 0 Å². The summed E-state index contributed by atoms with van der Waals surface area (Å²) in [5.74, 6) is 1.33. The van der Waals surface area contributed by atoms with E-state index in [1.165, 1.54) is 18.2 Å². The molecule has 0 bridgehead atoms. The summed E-state index contributed by atoms with van der Waals surface area (Å²) in [4.78, 5) is 19.0.